The van der Waals surface area contributed by atoms with E-state index in [1.165, 1.54) is 6.07 Å². The van der Waals surface area contributed by atoms with Crippen LogP contribution in [0.2, 0.25) is 0 Å². The van der Waals surface area contributed by atoms with Gasteiger partial charge < -0.3 is 14.7 Å². The van der Waals surface area contributed by atoms with Crippen LogP contribution in [0.1, 0.15) is 20.8 Å². The maximum Gasteiger partial charge on any atom is 0.146 e. The number of halogens is 1. The van der Waals surface area contributed by atoms with Crippen molar-refractivity contribution in [2.45, 2.75) is 32.5 Å². The maximum atomic E-state index is 13.8. The molecule has 1 atom stereocenters. The van der Waals surface area contributed by atoms with Gasteiger partial charge in [-0.25, -0.2) is 4.39 Å². The molecule has 0 unspecified atom stereocenters. The summed E-state index contributed by atoms with van der Waals surface area (Å²) in [5.41, 5.74) is 0.434. The molecule has 0 saturated carbocycles. The molecular formula is C17H27FN2O2. The fraction of sp³-hybridized carbons (Fsp3) is 0.647. The van der Waals surface area contributed by atoms with E-state index in [9.17, 15) is 9.50 Å². The molecule has 0 aliphatic carbocycles. The summed E-state index contributed by atoms with van der Waals surface area (Å²) in [6.07, 6.45) is -0.487. The molecule has 0 amide bonds. The Morgan fingerprint density at radius 2 is 1.82 bits per heavy atom. The molecule has 124 valence electrons. The predicted octanol–water partition coefficient (Wildman–Crippen LogP) is 2.12. The molecule has 1 N–H and O–H groups in total. The van der Waals surface area contributed by atoms with Crippen molar-refractivity contribution in [3.63, 3.8) is 0 Å². The van der Waals surface area contributed by atoms with E-state index < -0.39 is 6.10 Å². The SMILES string of the molecule is CC(C)(C)OC[C@H](O)CN1CCN(c2ccccc2F)CC1. The topological polar surface area (TPSA) is 35.9 Å². The van der Waals surface area contributed by atoms with Gasteiger partial charge in [0.15, 0.2) is 0 Å². The Labute approximate surface area is 132 Å². The molecule has 0 aromatic heterocycles. The summed E-state index contributed by atoms with van der Waals surface area (Å²) in [6.45, 7) is 10.1. The predicted molar refractivity (Wildman–Crippen MR) is 86.8 cm³/mol. The van der Waals surface area contributed by atoms with E-state index in [1.54, 1.807) is 6.07 Å². The molecule has 4 nitrogen and oxygen atoms in total. The molecule has 0 spiro atoms. The van der Waals surface area contributed by atoms with Crippen molar-refractivity contribution < 1.29 is 14.2 Å². The van der Waals surface area contributed by atoms with Gasteiger partial charge in [-0.2, -0.15) is 0 Å². The molecule has 0 radical (unpaired) electrons. The lowest BCUT2D eigenvalue weighted by Gasteiger charge is -2.37. The number of β-amino-alcohol motifs (C(OH)–C–C–N with tert-alkyl or cyclic N) is 1. The van der Waals surface area contributed by atoms with Crippen LogP contribution in [0.4, 0.5) is 10.1 Å². The van der Waals surface area contributed by atoms with Crippen molar-refractivity contribution in [3.05, 3.63) is 30.1 Å². The molecule has 1 aliphatic heterocycles. The van der Waals surface area contributed by atoms with E-state index in [4.69, 9.17) is 4.74 Å². The van der Waals surface area contributed by atoms with E-state index in [0.29, 0.717) is 18.8 Å². The third-order valence-corrected chi connectivity index (χ3v) is 3.74. The molecule has 1 aromatic carbocycles. The number of rotatable bonds is 5. The minimum Gasteiger partial charge on any atom is -0.389 e. The number of hydrogen-bond donors (Lipinski definition) is 1. The Balaban J connectivity index is 1.77. The summed E-state index contributed by atoms with van der Waals surface area (Å²) in [4.78, 5) is 4.26. The average Bonchev–Trinajstić information content (AvgIpc) is 2.46. The first-order valence-electron chi connectivity index (χ1n) is 7.89. The van der Waals surface area contributed by atoms with Crippen LogP contribution in [0, 0.1) is 5.82 Å². The molecule has 1 aliphatic rings. The summed E-state index contributed by atoms with van der Waals surface area (Å²) >= 11 is 0. The number of anilines is 1. The number of aliphatic hydroxyl groups is 1. The Hall–Kier alpha value is -1.17. The minimum absolute atomic E-state index is 0.172. The highest BCUT2D eigenvalue weighted by Gasteiger charge is 2.22. The van der Waals surface area contributed by atoms with Crippen molar-refractivity contribution >= 4 is 5.69 Å². The highest BCUT2D eigenvalue weighted by atomic mass is 19.1. The summed E-state index contributed by atoms with van der Waals surface area (Å²) < 4.78 is 19.4. The lowest BCUT2D eigenvalue weighted by Crippen LogP contribution is -2.49. The molecule has 0 bridgehead atoms. The first-order valence-corrected chi connectivity index (χ1v) is 7.89. The Morgan fingerprint density at radius 1 is 1.18 bits per heavy atom. The molecule has 1 aromatic rings. The molecule has 1 heterocycles. The van der Waals surface area contributed by atoms with Crippen LogP contribution in [0.3, 0.4) is 0 Å². The number of para-hydroxylation sites is 1. The largest absolute Gasteiger partial charge is 0.389 e. The van der Waals surface area contributed by atoms with Crippen LogP contribution >= 0.6 is 0 Å². The second kappa shape index (κ2) is 7.40. The van der Waals surface area contributed by atoms with Gasteiger partial charge in [-0.15, -0.1) is 0 Å². The van der Waals surface area contributed by atoms with Gasteiger partial charge in [0.2, 0.25) is 0 Å². The zero-order chi connectivity index (χ0) is 16.2. The Kier molecular flexibility index (Phi) is 5.78. The number of hydrogen-bond acceptors (Lipinski definition) is 4. The Morgan fingerprint density at radius 3 is 2.41 bits per heavy atom. The standard InChI is InChI=1S/C17H27FN2O2/c1-17(2,3)22-13-14(21)12-19-8-10-20(11-9-19)16-7-5-4-6-15(16)18/h4-7,14,21H,8-13H2,1-3H3/t14-/m1/s1. The summed E-state index contributed by atoms with van der Waals surface area (Å²) in [5.74, 6) is -0.172. The fourth-order valence-electron chi connectivity index (χ4n) is 2.58. The van der Waals surface area contributed by atoms with E-state index in [2.05, 4.69) is 9.80 Å². The van der Waals surface area contributed by atoms with Gasteiger partial charge in [0.1, 0.15) is 5.82 Å². The van der Waals surface area contributed by atoms with Crippen LogP contribution in [-0.4, -0.2) is 61.0 Å². The molecule has 1 fully saturated rings. The number of nitrogens with zero attached hydrogens (tertiary/aromatic N) is 2. The highest BCUT2D eigenvalue weighted by molar-refractivity contribution is 5.47. The normalized spacial score (nSPS) is 18.5. The van der Waals surface area contributed by atoms with Crippen molar-refractivity contribution in [2.75, 3.05) is 44.2 Å². The fourth-order valence-corrected chi connectivity index (χ4v) is 2.58. The van der Waals surface area contributed by atoms with Crippen molar-refractivity contribution in [1.29, 1.82) is 0 Å². The third kappa shape index (κ3) is 5.23. The zero-order valence-corrected chi connectivity index (χ0v) is 13.8. The minimum atomic E-state index is -0.487. The van der Waals surface area contributed by atoms with E-state index in [-0.39, 0.29) is 11.4 Å². The quantitative estimate of drug-likeness (QED) is 0.904. The second-order valence-electron chi connectivity index (χ2n) is 6.82. The van der Waals surface area contributed by atoms with Gasteiger partial charge >= 0.3 is 0 Å². The van der Waals surface area contributed by atoms with Crippen LogP contribution < -0.4 is 4.90 Å². The van der Waals surface area contributed by atoms with Crippen molar-refractivity contribution in [2.24, 2.45) is 0 Å². The van der Waals surface area contributed by atoms with Crippen molar-refractivity contribution in [1.82, 2.24) is 4.90 Å². The van der Waals surface area contributed by atoms with Crippen LogP contribution in [-0.2, 0) is 4.74 Å². The number of benzene rings is 1. The zero-order valence-electron chi connectivity index (χ0n) is 13.8. The lowest BCUT2D eigenvalue weighted by molar-refractivity contribution is -0.0563. The van der Waals surface area contributed by atoms with Gasteiger partial charge in [0.25, 0.3) is 0 Å². The van der Waals surface area contributed by atoms with E-state index in [1.807, 2.05) is 32.9 Å². The van der Waals surface area contributed by atoms with Gasteiger partial charge in [-0.05, 0) is 32.9 Å². The van der Waals surface area contributed by atoms with E-state index >= 15 is 0 Å². The van der Waals surface area contributed by atoms with Crippen LogP contribution in [0.25, 0.3) is 0 Å². The molecule has 22 heavy (non-hydrogen) atoms. The van der Waals surface area contributed by atoms with Gasteiger partial charge in [-0.1, -0.05) is 12.1 Å². The van der Waals surface area contributed by atoms with Crippen LogP contribution in [0.15, 0.2) is 24.3 Å². The number of aliphatic hydroxyl groups excluding tert-OH is 1. The third-order valence-electron chi connectivity index (χ3n) is 3.74. The molecule has 1 saturated heterocycles. The highest BCUT2D eigenvalue weighted by Crippen LogP contribution is 2.20. The first-order chi connectivity index (χ1) is 10.3. The lowest BCUT2D eigenvalue weighted by atomic mass is 10.2. The van der Waals surface area contributed by atoms with Crippen LogP contribution in [0.5, 0.6) is 0 Å². The number of piperazine rings is 1. The summed E-state index contributed by atoms with van der Waals surface area (Å²) in [6, 6.07) is 6.88. The van der Waals surface area contributed by atoms with E-state index in [0.717, 1.165) is 26.2 Å². The van der Waals surface area contributed by atoms with Gasteiger partial charge in [-0.3, -0.25) is 4.90 Å². The number of ether oxygens (including phenoxy) is 1. The molecule has 5 heteroatoms. The Bertz CT molecular complexity index is 468. The molecular weight excluding hydrogens is 283 g/mol. The maximum absolute atomic E-state index is 13.8. The molecule has 2 rings (SSSR count). The van der Waals surface area contributed by atoms with Crippen molar-refractivity contribution in [3.8, 4) is 0 Å². The smallest absolute Gasteiger partial charge is 0.146 e. The first kappa shape index (κ1) is 17.2. The second-order valence-corrected chi connectivity index (χ2v) is 6.82. The summed E-state index contributed by atoms with van der Waals surface area (Å²) in [7, 11) is 0. The van der Waals surface area contributed by atoms with Gasteiger partial charge in [0, 0.05) is 32.7 Å². The average molecular weight is 310 g/mol. The van der Waals surface area contributed by atoms with Gasteiger partial charge in [0.05, 0.1) is 24.0 Å². The monoisotopic (exact) mass is 310 g/mol. The summed E-state index contributed by atoms with van der Waals surface area (Å²) in [5, 5.41) is 10.1.